The molecule has 0 amide bonds. The third kappa shape index (κ3) is 2.86. The highest BCUT2D eigenvalue weighted by atomic mass is 35.5. The van der Waals surface area contributed by atoms with E-state index in [0.717, 1.165) is 0 Å². The highest BCUT2D eigenvalue weighted by Crippen LogP contribution is 2.47. The largest absolute Gasteiger partial charge is 0.455 e. The number of hydrogen-bond donors (Lipinski definition) is 0. The Morgan fingerprint density at radius 2 is 2.18 bits per heavy atom. The molecule has 0 bridgehead atoms. The van der Waals surface area contributed by atoms with Crippen molar-refractivity contribution in [2.24, 2.45) is 0 Å². The van der Waals surface area contributed by atoms with E-state index >= 15 is 0 Å². The minimum Gasteiger partial charge on any atom is -0.455 e. The quantitative estimate of drug-likeness (QED) is 0.478. The van der Waals surface area contributed by atoms with Gasteiger partial charge in [-0.1, -0.05) is 47.1 Å². The molecule has 1 aromatic rings. The summed E-state index contributed by atoms with van der Waals surface area (Å²) in [4.78, 5) is 10.3. The highest BCUT2D eigenvalue weighted by Gasteiger charge is 2.37. The predicted molar refractivity (Wildman–Crippen MR) is 68.5 cm³/mol. The molecule has 0 saturated heterocycles. The Kier molecular flexibility index (Phi) is 3.51. The first-order valence-corrected chi connectivity index (χ1v) is 6.27. The lowest BCUT2D eigenvalue weighted by molar-refractivity contribution is -0.386. The number of alkyl halides is 1. The zero-order valence-corrected chi connectivity index (χ0v) is 10.8. The number of nitro benzene ring substituents is 1. The molecule has 1 aromatic carbocycles. The van der Waals surface area contributed by atoms with Gasteiger partial charge in [-0.05, 0) is 11.5 Å². The summed E-state index contributed by atoms with van der Waals surface area (Å²) >= 11 is 13.2. The van der Waals surface area contributed by atoms with Crippen LogP contribution in [0.4, 0.5) is 5.69 Å². The van der Waals surface area contributed by atoms with Crippen LogP contribution in [0.15, 0.2) is 34.7 Å². The van der Waals surface area contributed by atoms with Gasteiger partial charge in [0.15, 0.2) is 5.75 Å². The van der Waals surface area contributed by atoms with E-state index in [1.807, 2.05) is 0 Å². The van der Waals surface area contributed by atoms with E-state index in [1.165, 1.54) is 23.9 Å². The molecule has 0 radical (unpaired) electrons. The molecular formula is C10H7Cl2NO3S. The molecule has 0 N–H and O–H groups in total. The van der Waals surface area contributed by atoms with Crippen LogP contribution in [0.2, 0.25) is 0 Å². The fourth-order valence-corrected chi connectivity index (χ4v) is 2.95. The summed E-state index contributed by atoms with van der Waals surface area (Å²) in [5.74, 6) is 0.139. The molecule has 1 heterocycles. The summed E-state index contributed by atoms with van der Waals surface area (Å²) < 4.78 is 4.38. The monoisotopic (exact) mass is 291 g/mol. The fourth-order valence-electron chi connectivity index (χ4n) is 1.36. The van der Waals surface area contributed by atoms with E-state index < -0.39 is 9.32 Å². The Bertz CT molecular complexity index is 494. The minimum absolute atomic E-state index is 0.115. The van der Waals surface area contributed by atoms with E-state index in [0.29, 0.717) is 11.5 Å². The highest BCUT2D eigenvalue weighted by molar-refractivity contribution is 8.04. The van der Waals surface area contributed by atoms with Crippen molar-refractivity contribution in [2.45, 2.75) is 10.8 Å². The summed E-state index contributed by atoms with van der Waals surface area (Å²) in [5.41, 5.74) is -0.115. The van der Waals surface area contributed by atoms with Crippen LogP contribution in [-0.2, 0) is 0 Å². The molecule has 1 atom stereocenters. The van der Waals surface area contributed by atoms with Crippen molar-refractivity contribution >= 4 is 40.7 Å². The van der Waals surface area contributed by atoms with Crippen molar-refractivity contribution in [3.63, 3.8) is 0 Å². The van der Waals surface area contributed by atoms with Gasteiger partial charge in [0.25, 0.3) is 0 Å². The smallest absolute Gasteiger partial charge is 0.311 e. The van der Waals surface area contributed by atoms with Crippen molar-refractivity contribution in [1.29, 1.82) is 0 Å². The van der Waals surface area contributed by atoms with Gasteiger partial charge < -0.3 is 4.74 Å². The van der Waals surface area contributed by atoms with Gasteiger partial charge in [-0.3, -0.25) is 10.1 Å². The fraction of sp³-hybridized carbons (Fsp3) is 0.200. The zero-order chi connectivity index (χ0) is 12.5. The third-order valence-electron chi connectivity index (χ3n) is 2.07. The molecule has 1 aliphatic heterocycles. The van der Waals surface area contributed by atoms with Crippen LogP contribution in [0, 0.1) is 10.1 Å². The average molecular weight is 292 g/mol. The molecule has 4 nitrogen and oxygen atoms in total. The molecule has 90 valence electrons. The van der Waals surface area contributed by atoms with E-state index in [-0.39, 0.29) is 11.4 Å². The summed E-state index contributed by atoms with van der Waals surface area (Å²) in [6, 6.07) is 6.09. The number of nitrogens with zero attached hydrogens (tertiary/aromatic N) is 1. The molecule has 1 aliphatic rings. The lowest BCUT2D eigenvalue weighted by Crippen LogP contribution is -2.22. The van der Waals surface area contributed by atoms with Crippen LogP contribution >= 0.6 is 35.0 Å². The predicted octanol–water partition coefficient (Wildman–Crippen LogP) is 4.08. The van der Waals surface area contributed by atoms with Gasteiger partial charge in [-0.25, -0.2) is 0 Å². The van der Waals surface area contributed by atoms with Crippen molar-refractivity contribution in [3.8, 4) is 5.75 Å². The molecule has 17 heavy (non-hydrogen) atoms. The number of thioether (sulfide) groups is 1. The van der Waals surface area contributed by atoms with Gasteiger partial charge in [-0.2, -0.15) is 0 Å². The second kappa shape index (κ2) is 4.76. The molecule has 2 rings (SSSR count). The van der Waals surface area contributed by atoms with Gasteiger partial charge in [-0.15, -0.1) is 0 Å². The topological polar surface area (TPSA) is 52.4 Å². The first kappa shape index (κ1) is 12.5. The van der Waals surface area contributed by atoms with Gasteiger partial charge in [0.1, 0.15) is 0 Å². The number of para-hydroxylation sites is 2. The standard InChI is InChI=1S/C10H7Cl2NO3S/c11-7-5-10(12,17-6-7)16-9-4-2-1-3-8(9)13(14)15/h1-4,6H,5H2. The Hall–Kier alpha value is -0.910. The second-order valence-electron chi connectivity index (χ2n) is 3.35. The SMILES string of the molecule is O=[N+]([O-])c1ccccc1OC1(Cl)CC(Cl)=CS1. The van der Waals surface area contributed by atoms with E-state index in [9.17, 15) is 10.1 Å². The van der Waals surface area contributed by atoms with Gasteiger partial charge in [0.2, 0.25) is 4.39 Å². The molecule has 0 fully saturated rings. The average Bonchev–Trinajstić information content (AvgIpc) is 2.59. The van der Waals surface area contributed by atoms with Crippen LogP contribution in [0.25, 0.3) is 0 Å². The molecular weight excluding hydrogens is 285 g/mol. The Balaban J connectivity index is 2.22. The summed E-state index contributed by atoms with van der Waals surface area (Å²) in [6.07, 6.45) is 0.312. The van der Waals surface area contributed by atoms with Gasteiger partial charge in [0.05, 0.1) is 4.92 Å². The molecule has 0 aromatic heterocycles. The normalized spacial score (nSPS) is 23.3. The Morgan fingerprint density at radius 1 is 1.47 bits per heavy atom. The van der Waals surface area contributed by atoms with Crippen molar-refractivity contribution in [1.82, 2.24) is 0 Å². The summed E-state index contributed by atoms with van der Waals surface area (Å²) in [7, 11) is 0. The maximum atomic E-state index is 10.8. The summed E-state index contributed by atoms with van der Waals surface area (Å²) in [5, 5.41) is 13.0. The third-order valence-corrected chi connectivity index (χ3v) is 3.90. The molecule has 0 saturated carbocycles. The minimum atomic E-state index is -1.09. The molecule has 0 aliphatic carbocycles. The lowest BCUT2D eigenvalue weighted by Gasteiger charge is -2.21. The van der Waals surface area contributed by atoms with Crippen molar-refractivity contribution in [3.05, 3.63) is 44.8 Å². The molecule has 1 unspecified atom stereocenters. The van der Waals surface area contributed by atoms with E-state index in [2.05, 4.69) is 0 Å². The first-order valence-electron chi connectivity index (χ1n) is 4.64. The van der Waals surface area contributed by atoms with Gasteiger partial charge >= 0.3 is 5.69 Å². The lowest BCUT2D eigenvalue weighted by atomic mass is 10.3. The van der Waals surface area contributed by atoms with Crippen LogP contribution in [0.3, 0.4) is 0 Å². The number of ether oxygens (including phenoxy) is 1. The molecule has 0 spiro atoms. The van der Waals surface area contributed by atoms with Crippen molar-refractivity contribution in [2.75, 3.05) is 0 Å². The Labute approximate surface area is 112 Å². The number of hydrogen-bond acceptors (Lipinski definition) is 4. The van der Waals surface area contributed by atoms with E-state index in [4.69, 9.17) is 27.9 Å². The zero-order valence-electron chi connectivity index (χ0n) is 8.43. The van der Waals surface area contributed by atoms with Crippen LogP contribution in [-0.4, -0.2) is 9.32 Å². The number of halogens is 2. The Morgan fingerprint density at radius 3 is 2.76 bits per heavy atom. The number of rotatable bonds is 3. The van der Waals surface area contributed by atoms with Crippen LogP contribution in [0.5, 0.6) is 5.75 Å². The number of benzene rings is 1. The van der Waals surface area contributed by atoms with Crippen LogP contribution in [0.1, 0.15) is 6.42 Å². The summed E-state index contributed by atoms with van der Waals surface area (Å²) in [6.45, 7) is 0. The van der Waals surface area contributed by atoms with Crippen LogP contribution < -0.4 is 4.74 Å². The maximum absolute atomic E-state index is 10.8. The maximum Gasteiger partial charge on any atom is 0.311 e. The van der Waals surface area contributed by atoms with E-state index in [1.54, 1.807) is 17.5 Å². The van der Waals surface area contributed by atoms with Gasteiger partial charge in [0, 0.05) is 17.5 Å². The molecule has 7 heteroatoms. The first-order chi connectivity index (χ1) is 8.00. The van der Waals surface area contributed by atoms with Crippen molar-refractivity contribution < 1.29 is 9.66 Å². The number of nitro groups is 1. The second-order valence-corrected chi connectivity index (χ2v) is 5.80.